The SMILES string of the molecule is CC(C)(C)C(=O)N1CCN(C(=O)c2ccccc2C(=O)c2ccccc2)CC1. The normalized spacial score (nSPS) is 14.7. The minimum absolute atomic E-state index is 0.0965. The maximum Gasteiger partial charge on any atom is 0.254 e. The quantitative estimate of drug-likeness (QED) is 0.771. The lowest BCUT2D eigenvalue weighted by molar-refractivity contribution is -0.140. The van der Waals surface area contributed by atoms with E-state index in [1.165, 1.54) is 0 Å². The Hall–Kier alpha value is -2.95. The second-order valence-electron chi connectivity index (χ2n) is 8.08. The Labute approximate surface area is 166 Å². The molecule has 2 aromatic rings. The molecule has 1 aliphatic heterocycles. The molecule has 1 saturated heterocycles. The van der Waals surface area contributed by atoms with Crippen molar-refractivity contribution in [2.45, 2.75) is 20.8 Å². The van der Waals surface area contributed by atoms with Crippen LogP contribution in [0.25, 0.3) is 0 Å². The summed E-state index contributed by atoms with van der Waals surface area (Å²) >= 11 is 0. The molecule has 1 heterocycles. The number of piperazine rings is 1. The second-order valence-corrected chi connectivity index (χ2v) is 8.08. The number of ketones is 1. The molecule has 2 amide bonds. The number of amides is 2. The van der Waals surface area contributed by atoms with Gasteiger partial charge < -0.3 is 9.80 Å². The molecule has 3 rings (SSSR count). The zero-order valence-electron chi connectivity index (χ0n) is 16.6. The molecule has 1 aliphatic rings. The molecule has 146 valence electrons. The van der Waals surface area contributed by atoms with E-state index < -0.39 is 5.41 Å². The Bertz CT molecular complexity index is 876. The van der Waals surface area contributed by atoms with Crippen LogP contribution in [0.15, 0.2) is 54.6 Å². The predicted octanol–water partition coefficient (Wildman–Crippen LogP) is 3.25. The van der Waals surface area contributed by atoms with Crippen LogP contribution in [0, 0.1) is 5.41 Å². The summed E-state index contributed by atoms with van der Waals surface area (Å²) in [7, 11) is 0. The summed E-state index contributed by atoms with van der Waals surface area (Å²) in [6.07, 6.45) is 0. The zero-order valence-corrected chi connectivity index (χ0v) is 16.6. The molecule has 0 atom stereocenters. The molecule has 0 aromatic heterocycles. The summed E-state index contributed by atoms with van der Waals surface area (Å²) in [5.74, 6) is -0.229. The van der Waals surface area contributed by atoms with Crippen molar-refractivity contribution in [1.82, 2.24) is 9.80 Å². The molecule has 0 N–H and O–H groups in total. The van der Waals surface area contributed by atoms with Crippen LogP contribution in [-0.4, -0.2) is 53.6 Å². The molecule has 0 spiro atoms. The van der Waals surface area contributed by atoms with Crippen molar-refractivity contribution in [2.24, 2.45) is 5.41 Å². The fourth-order valence-electron chi connectivity index (χ4n) is 3.37. The number of rotatable bonds is 3. The molecule has 0 unspecified atom stereocenters. The number of hydrogen-bond donors (Lipinski definition) is 0. The standard InChI is InChI=1S/C23H26N2O3/c1-23(2,3)22(28)25-15-13-24(14-16-25)21(27)19-12-8-7-11-18(19)20(26)17-9-5-4-6-10-17/h4-12H,13-16H2,1-3H3. The molecular formula is C23H26N2O3. The third kappa shape index (κ3) is 4.14. The topological polar surface area (TPSA) is 57.7 Å². The van der Waals surface area contributed by atoms with Gasteiger partial charge in [0.05, 0.1) is 5.56 Å². The zero-order chi connectivity index (χ0) is 20.3. The molecular weight excluding hydrogens is 352 g/mol. The Balaban J connectivity index is 1.76. The van der Waals surface area contributed by atoms with Crippen molar-refractivity contribution in [3.8, 4) is 0 Å². The van der Waals surface area contributed by atoms with Crippen molar-refractivity contribution < 1.29 is 14.4 Å². The van der Waals surface area contributed by atoms with Crippen molar-refractivity contribution in [2.75, 3.05) is 26.2 Å². The van der Waals surface area contributed by atoms with Gasteiger partial charge in [0.1, 0.15) is 0 Å². The molecule has 5 heteroatoms. The van der Waals surface area contributed by atoms with Gasteiger partial charge in [-0.25, -0.2) is 0 Å². The molecule has 0 bridgehead atoms. The number of nitrogens with zero attached hydrogens (tertiary/aromatic N) is 2. The highest BCUT2D eigenvalue weighted by atomic mass is 16.2. The highest BCUT2D eigenvalue weighted by Crippen LogP contribution is 2.21. The van der Waals surface area contributed by atoms with Gasteiger partial charge in [0.25, 0.3) is 5.91 Å². The maximum atomic E-state index is 13.1. The summed E-state index contributed by atoms with van der Waals surface area (Å²) in [5, 5.41) is 0. The van der Waals surface area contributed by atoms with Crippen LogP contribution in [-0.2, 0) is 4.79 Å². The van der Waals surface area contributed by atoms with Crippen molar-refractivity contribution >= 4 is 17.6 Å². The van der Waals surface area contributed by atoms with E-state index in [1.807, 2.05) is 43.9 Å². The smallest absolute Gasteiger partial charge is 0.254 e. The van der Waals surface area contributed by atoms with E-state index >= 15 is 0 Å². The van der Waals surface area contributed by atoms with Gasteiger partial charge in [-0.15, -0.1) is 0 Å². The van der Waals surface area contributed by atoms with Gasteiger partial charge in [0, 0.05) is 42.7 Å². The van der Waals surface area contributed by atoms with E-state index in [4.69, 9.17) is 0 Å². The molecule has 2 aromatic carbocycles. The average Bonchev–Trinajstić information content (AvgIpc) is 2.72. The molecule has 0 saturated carbocycles. The maximum absolute atomic E-state index is 13.1. The van der Waals surface area contributed by atoms with E-state index in [-0.39, 0.29) is 17.6 Å². The van der Waals surface area contributed by atoms with Gasteiger partial charge in [-0.1, -0.05) is 69.3 Å². The molecule has 0 aliphatic carbocycles. The Kier molecular flexibility index (Phi) is 5.63. The van der Waals surface area contributed by atoms with Crippen LogP contribution in [0.2, 0.25) is 0 Å². The van der Waals surface area contributed by atoms with Gasteiger partial charge in [0.15, 0.2) is 5.78 Å². The van der Waals surface area contributed by atoms with E-state index in [0.717, 1.165) is 0 Å². The Morgan fingerprint density at radius 1 is 0.714 bits per heavy atom. The summed E-state index contributed by atoms with van der Waals surface area (Å²) in [5.41, 5.74) is 0.947. The molecule has 5 nitrogen and oxygen atoms in total. The lowest BCUT2D eigenvalue weighted by Gasteiger charge is -2.37. The van der Waals surface area contributed by atoms with E-state index in [1.54, 1.807) is 41.3 Å². The summed E-state index contributed by atoms with van der Waals surface area (Å²) < 4.78 is 0. The third-order valence-electron chi connectivity index (χ3n) is 4.93. The van der Waals surface area contributed by atoms with E-state index in [0.29, 0.717) is 42.9 Å². The van der Waals surface area contributed by atoms with Crippen molar-refractivity contribution in [3.05, 3.63) is 71.3 Å². The average molecular weight is 378 g/mol. The molecule has 1 fully saturated rings. The fraction of sp³-hybridized carbons (Fsp3) is 0.348. The van der Waals surface area contributed by atoms with Crippen molar-refractivity contribution in [3.63, 3.8) is 0 Å². The number of carbonyl (C=O) groups excluding carboxylic acids is 3. The largest absolute Gasteiger partial charge is 0.339 e. The lowest BCUT2D eigenvalue weighted by atomic mass is 9.94. The Morgan fingerprint density at radius 3 is 1.79 bits per heavy atom. The highest BCUT2D eigenvalue weighted by molar-refractivity contribution is 6.15. The third-order valence-corrected chi connectivity index (χ3v) is 4.93. The van der Waals surface area contributed by atoms with Crippen LogP contribution in [0.3, 0.4) is 0 Å². The molecule has 28 heavy (non-hydrogen) atoms. The number of benzene rings is 2. The van der Waals surface area contributed by atoms with Gasteiger partial charge in [-0.05, 0) is 6.07 Å². The van der Waals surface area contributed by atoms with Crippen LogP contribution in [0.1, 0.15) is 47.1 Å². The van der Waals surface area contributed by atoms with E-state index in [9.17, 15) is 14.4 Å². The van der Waals surface area contributed by atoms with Crippen LogP contribution in [0.4, 0.5) is 0 Å². The number of carbonyl (C=O) groups is 3. The number of hydrogen-bond acceptors (Lipinski definition) is 3. The molecule has 0 radical (unpaired) electrons. The highest BCUT2D eigenvalue weighted by Gasteiger charge is 2.31. The van der Waals surface area contributed by atoms with Crippen LogP contribution < -0.4 is 0 Å². The first-order valence-electron chi connectivity index (χ1n) is 9.56. The first-order chi connectivity index (χ1) is 13.3. The Morgan fingerprint density at radius 2 is 1.21 bits per heavy atom. The first kappa shape index (κ1) is 19.8. The van der Waals surface area contributed by atoms with Gasteiger partial charge in [0.2, 0.25) is 5.91 Å². The minimum Gasteiger partial charge on any atom is -0.339 e. The summed E-state index contributed by atoms with van der Waals surface area (Å²) in [6, 6.07) is 15.9. The van der Waals surface area contributed by atoms with Gasteiger partial charge >= 0.3 is 0 Å². The first-order valence-corrected chi connectivity index (χ1v) is 9.56. The van der Waals surface area contributed by atoms with Gasteiger partial charge in [-0.2, -0.15) is 0 Å². The van der Waals surface area contributed by atoms with Crippen LogP contribution in [0.5, 0.6) is 0 Å². The summed E-state index contributed by atoms with van der Waals surface area (Å²) in [4.78, 5) is 42.0. The monoisotopic (exact) mass is 378 g/mol. The lowest BCUT2D eigenvalue weighted by Crippen LogP contribution is -2.53. The predicted molar refractivity (Wildman–Crippen MR) is 108 cm³/mol. The van der Waals surface area contributed by atoms with Gasteiger partial charge in [-0.3, -0.25) is 14.4 Å². The second kappa shape index (κ2) is 7.97. The van der Waals surface area contributed by atoms with E-state index in [2.05, 4.69) is 0 Å². The summed E-state index contributed by atoms with van der Waals surface area (Å²) in [6.45, 7) is 7.66. The minimum atomic E-state index is -0.430. The fourth-order valence-corrected chi connectivity index (χ4v) is 3.37. The van der Waals surface area contributed by atoms with Crippen molar-refractivity contribution in [1.29, 1.82) is 0 Å². The van der Waals surface area contributed by atoms with Crippen LogP contribution >= 0.6 is 0 Å².